The van der Waals surface area contributed by atoms with Gasteiger partial charge in [-0.05, 0) is 41.3 Å². The van der Waals surface area contributed by atoms with Gasteiger partial charge >= 0.3 is 0 Å². The monoisotopic (exact) mass is 432 g/mol. The third-order valence-electron chi connectivity index (χ3n) is 3.80. The molecule has 0 aliphatic heterocycles. The van der Waals surface area contributed by atoms with E-state index in [0.717, 1.165) is 22.8 Å². The summed E-state index contributed by atoms with van der Waals surface area (Å²) in [6, 6.07) is 19.8. The molecule has 3 aromatic rings. The summed E-state index contributed by atoms with van der Waals surface area (Å²) in [5.74, 6) is 1.56. The van der Waals surface area contributed by atoms with Crippen LogP contribution >= 0.6 is 23.1 Å². The minimum absolute atomic E-state index is 0.173. The molecule has 8 heteroatoms. The fourth-order valence-corrected chi connectivity index (χ4v) is 5.28. The molecule has 0 atom stereocenters. The van der Waals surface area contributed by atoms with Crippen molar-refractivity contribution in [2.45, 2.75) is 9.96 Å². The van der Waals surface area contributed by atoms with E-state index in [9.17, 15) is 13.2 Å². The maximum absolute atomic E-state index is 12.2. The first-order valence-corrected chi connectivity index (χ1v) is 12.1. The Hall–Kier alpha value is -2.29. The molecule has 0 fully saturated rings. The van der Waals surface area contributed by atoms with E-state index in [-0.39, 0.29) is 10.1 Å². The fourth-order valence-electron chi connectivity index (χ4n) is 2.41. The van der Waals surface area contributed by atoms with Gasteiger partial charge in [-0.15, -0.1) is 11.3 Å². The normalized spacial score (nSPS) is 11.1. The number of thioether (sulfide) groups is 1. The number of amides is 1. The standard InChI is InChI=1S/C20H20N2O3S3/c23-20(21-12-14-26-15-16-5-2-1-3-6-16)17-8-10-18(11-9-17)22-28(24,25)19-7-4-13-27-19/h1-11,13,22H,12,14-15H2,(H,21,23). The molecule has 0 aliphatic carbocycles. The molecule has 146 valence electrons. The third-order valence-corrected chi connectivity index (χ3v) is 7.61. The summed E-state index contributed by atoms with van der Waals surface area (Å²) in [5, 5.41) is 4.59. The van der Waals surface area contributed by atoms with Crippen LogP contribution in [0.15, 0.2) is 76.3 Å². The van der Waals surface area contributed by atoms with Crippen LogP contribution in [0, 0.1) is 0 Å². The van der Waals surface area contributed by atoms with Crippen LogP contribution in [0.3, 0.4) is 0 Å². The van der Waals surface area contributed by atoms with E-state index in [2.05, 4.69) is 22.2 Å². The summed E-state index contributed by atoms with van der Waals surface area (Å²) in [7, 11) is -3.58. The van der Waals surface area contributed by atoms with Gasteiger partial charge in [-0.25, -0.2) is 8.42 Å². The van der Waals surface area contributed by atoms with Crippen LogP contribution in [0.4, 0.5) is 5.69 Å². The summed E-state index contributed by atoms with van der Waals surface area (Å²) in [6.07, 6.45) is 0. The Labute approximate surface area is 173 Å². The highest BCUT2D eigenvalue weighted by molar-refractivity contribution is 7.98. The van der Waals surface area contributed by atoms with Gasteiger partial charge in [0.05, 0.1) is 0 Å². The number of carbonyl (C=O) groups excluding carboxylic acids is 1. The van der Waals surface area contributed by atoms with E-state index in [1.54, 1.807) is 53.5 Å². The lowest BCUT2D eigenvalue weighted by atomic mass is 10.2. The molecule has 0 radical (unpaired) electrons. The van der Waals surface area contributed by atoms with E-state index in [1.807, 2.05) is 18.2 Å². The number of anilines is 1. The molecule has 0 bridgehead atoms. The second-order valence-corrected chi connectivity index (χ2v) is 9.87. The van der Waals surface area contributed by atoms with Gasteiger partial charge in [0.2, 0.25) is 0 Å². The van der Waals surface area contributed by atoms with Crippen LogP contribution in [-0.4, -0.2) is 26.6 Å². The van der Waals surface area contributed by atoms with Crippen molar-refractivity contribution in [1.29, 1.82) is 0 Å². The zero-order valence-corrected chi connectivity index (χ0v) is 17.4. The number of hydrogen-bond acceptors (Lipinski definition) is 5. The van der Waals surface area contributed by atoms with E-state index < -0.39 is 10.0 Å². The lowest BCUT2D eigenvalue weighted by Gasteiger charge is -2.08. The van der Waals surface area contributed by atoms with Gasteiger partial charge in [-0.2, -0.15) is 11.8 Å². The molecule has 0 saturated heterocycles. The molecule has 0 unspecified atom stereocenters. The van der Waals surface area contributed by atoms with Crippen LogP contribution in [0.25, 0.3) is 0 Å². The highest BCUT2D eigenvalue weighted by Crippen LogP contribution is 2.20. The Morgan fingerprint density at radius 3 is 2.39 bits per heavy atom. The second kappa shape index (κ2) is 9.77. The minimum atomic E-state index is -3.58. The summed E-state index contributed by atoms with van der Waals surface area (Å²) in [5.41, 5.74) is 2.18. The fraction of sp³-hybridized carbons (Fsp3) is 0.150. The SMILES string of the molecule is O=C(NCCSCc1ccccc1)c1ccc(NS(=O)(=O)c2cccs2)cc1. The predicted molar refractivity (Wildman–Crippen MR) is 117 cm³/mol. The molecule has 3 rings (SSSR count). The van der Waals surface area contributed by atoms with E-state index >= 15 is 0 Å². The van der Waals surface area contributed by atoms with Gasteiger partial charge in [0.1, 0.15) is 4.21 Å². The maximum Gasteiger partial charge on any atom is 0.271 e. The lowest BCUT2D eigenvalue weighted by Crippen LogP contribution is -2.25. The minimum Gasteiger partial charge on any atom is -0.351 e. The molecule has 5 nitrogen and oxygen atoms in total. The van der Waals surface area contributed by atoms with Crippen molar-refractivity contribution < 1.29 is 13.2 Å². The molecule has 0 aliphatic rings. The average Bonchev–Trinajstić information content (AvgIpc) is 3.25. The van der Waals surface area contributed by atoms with Crippen molar-refractivity contribution in [3.63, 3.8) is 0 Å². The molecule has 1 heterocycles. The summed E-state index contributed by atoms with van der Waals surface area (Å²) >= 11 is 2.91. The molecular formula is C20H20N2O3S3. The molecular weight excluding hydrogens is 412 g/mol. The van der Waals surface area contributed by atoms with Gasteiger partial charge in [-0.1, -0.05) is 36.4 Å². The molecule has 28 heavy (non-hydrogen) atoms. The second-order valence-electron chi connectivity index (χ2n) is 5.91. The number of nitrogens with one attached hydrogen (secondary N) is 2. The number of thiophene rings is 1. The van der Waals surface area contributed by atoms with Crippen LogP contribution in [-0.2, 0) is 15.8 Å². The summed E-state index contributed by atoms with van der Waals surface area (Å²) in [6.45, 7) is 0.573. The van der Waals surface area contributed by atoms with Gasteiger partial charge in [0.25, 0.3) is 15.9 Å². The zero-order valence-electron chi connectivity index (χ0n) is 15.0. The van der Waals surface area contributed by atoms with Crippen molar-refractivity contribution >= 4 is 44.7 Å². The van der Waals surface area contributed by atoms with E-state index in [0.29, 0.717) is 17.8 Å². The number of benzene rings is 2. The molecule has 2 aromatic carbocycles. The first-order valence-electron chi connectivity index (χ1n) is 8.61. The van der Waals surface area contributed by atoms with Crippen LogP contribution in [0.2, 0.25) is 0 Å². The quantitative estimate of drug-likeness (QED) is 0.497. The largest absolute Gasteiger partial charge is 0.351 e. The third kappa shape index (κ3) is 5.85. The molecule has 0 saturated carbocycles. The topological polar surface area (TPSA) is 75.3 Å². The van der Waals surface area contributed by atoms with Crippen molar-refractivity contribution in [3.05, 3.63) is 83.2 Å². The summed E-state index contributed by atoms with van der Waals surface area (Å²) < 4.78 is 27.2. The van der Waals surface area contributed by atoms with E-state index in [1.165, 1.54) is 5.56 Å². The van der Waals surface area contributed by atoms with Crippen molar-refractivity contribution in [2.75, 3.05) is 17.0 Å². The Morgan fingerprint density at radius 1 is 0.964 bits per heavy atom. The van der Waals surface area contributed by atoms with Crippen LogP contribution < -0.4 is 10.0 Å². The highest BCUT2D eigenvalue weighted by Gasteiger charge is 2.15. The first-order chi connectivity index (χ1) is 13.5. The predicted octanol–water partition coefficient (Wildman–Crippen LogP) is 4.21. The molecule has 1 amide bonds. The number of rotatable bonds is 9. The van der Waals surface area contributed by atoms with Gasteiger partial charge in [0, 0.05) is 29.3 Å². The Kier molecular flexibility index (Phi) is 7.13. The van der Waals surface area contributed by atoms with Gasteiger partial charge in [0.15, 0.2) is 0 Å². The van der Waals surface area contributed by atoms with Crippen molar-refractivity contribution in [3.8, 4) is 0 Å². The molecule has 1 aromatic heterocycles. The zero-order chi connectivity index (χ0) is 19.8. The number of carbonyl (C=O) groups is 1. The Morgan fingerprint density at radius 2 is 1.71 bits per heavy atom. The van der Waals surface area contributed by atoms with Crippen LogP contribution in [0.1, 0.15) is 15.9 Å². The summed E-state index contributed by atoms with van der Waals surface area (Å²) in [4.78, 5) is 12.2. The smallest absolute Gasteiger partial charge is 0.271 e. The van der Waals surface area contributed by atoms with E-state index in [4.69, 9.17) is 0 Å². The molecule has 0 spiro atoms. The lowest BCUT2D eigenvalue weighted by molar-refractivity contribution is 0.0956. The highest BCUT2D eigenvalue weighted by atomic mass is 32.2. The molecule has 2 N–H and O–H groups in total. The van der Waals surface area contributed by atoms with Gasteiger partial charge in [-0.3, -0.25) is 9.52 Å². The van der Waals surface area contributed by atoms with Crippen molar-refractivity contribution in [2.24, 2.45) is 0 Å². The van der Waals surface area contributed by atoms with Gasteiger partial charge < -0.3 is 5.32 Å². The number of hydrogen-bond donors (Lipinski definition) is 2. The average molecular weight is 433 g/mol. The first kappa shape index (κ1) is 20.4. The maximum atomic E-state index is 12.2. The van der Waals surface area contributed by atoms with Crippen LogP contribution in [0.5, 0.6) is 0 Å². The Bertz CT molecular complexity index is 987. The van der Waals surface area contributed by atoms with Crippen molar-refractivity contribution in [1.82, 2.24) is 5.32 Å². The number of sulfonamides is 1. The Balaban J connectivity index is 1.44.